The fourth-order valence-electron chi connectivity index (χ4n) is 4.58. The van der Waals surface area contributed by atoms with Crippen molar-refractivity contribution in [3.05, 3.63) is 41.6 Å². The number of aliphatic hydroxyl groups is 1. The number of aryl methyl sites for hydroxylation is 1. The third kappa shape index (κ3) is 3.07. The average Bonchev–Trinajstić information content (AvgIpc) is 2.62. The molecule has 0 amide bonds. The molecule has 2 aromatic rings. The molecule has 2 heterocycles. The van der Waals surface area contributed by atoms with Crippen LogP contribution in [0.2, 0.25) is 0 Å². The highest BCUT2D eigenvalue weighted by atomic mass is 16.5. The predicted molar refractivity (Wildman–Crippen MR) is 99.5 cm³/mol. The van der Waals surface area contributed by atoms with E-state index in [-0.39, 0.29) is 17.6 Å². The molecule has 2 atom stereocenters. The molecule has 1 N–H and O–H groups in total. The second kappa shape index (κ2) is 6.67. The monoisotopic (exact) mass is 340 g/mol. The van der Waals surface area contributed by atoms with E-state index in [2.05, 4.69) is 40.2 Å². The van der Waals surface area contributed by atoms with Gasteiger partial charge in [-0.25, -0.2) is 0 Å². The van der Waals surface area contributed by atoms with Gasteiger partial charge in [-0.2, -0.15) is 0 Å². The zero-order valence-corrected chi connectivity index (χ0v) is 15.2. The van der Waals surface area contributed by atoms with Crippen LogP contribution in [0.1, 0.15) is 37.4 Å². The van der Waals surface area contributed by atoms with Gasteiger partial charge in [-0.15, -0.1) is 0 Å². The first kappa shape index (κ1) is 17.0. The number of likely N-dealkylation sites (tertiary alicyclic amines) is 1. The lowest BCUT2D eigenvalue weighted by molar-refractivity contribution is -0.209. The van der Waals surface area contributed by atoms with Gasteiger partial charge in [0.05, 0.1) is 17.7 Å². The summed E-state index contributed by atoms with van der Waals surface area (Å²) in [6, 6.07) is 10.8. The maximum atomic E-state index is 10.3. The van der Waals surface area contributed by atoms with Crippen LogP contribution in [0, 0.1) is 12.3 Å². The van der Waals surface area contributed by atoms with E-state index >= 15 is 0 Å². The number of aromatic nitrogens is 1. The van der Waals surface area contributed by atoms with Gasteiger partial charge in [0.2, 0.25) is 0 Å². The van der Waals surface area contributed by atoms with Crippen LogP contribution in [0.25, 0.3) is 10.9 Å². The Morgan fingerprint density at radius 1 is 1.24 bits per heavy atom. The molecule has 2 fully saturated rings. The highest BCUT2D eigenvalue weighted by Gasteiger charge is 2.55. The molecular weight excluding hydrogens is 312 g/mol. The Hall–Kier alpha value is -1.49. The normalized spacial score (nSPS) is 26.0. The highest BCUT2D eigenvalue weighted by molar-refractivity contribution is 5.79. The molecule has 1 saturated carbocycles. The number of rotatable bonds is 4. The lowest BCUT2D eigenvalue weighted by Crippen LogP contribution is -2.62. The Bertz CT molecular complexity index is 751. The molecule has 1 saturated heterocycles. The van der Waals surface area contributed by atoms with E-state index in [1.54, 1.807) is 0 Å². The van der Waals surface area contributed by atoms with E-state index in [1.807, 2.05) is 13.8 Å². The molecule has 4 rings (SSSR count). The van der Waals surface area contributed by atoms with Crippen LogP contribution in [-0.4, -0.2) is 46.9 Å². The van der Waals surface area contributed by atoms with Gasteiger partial charge >= 0.3 is 0 Å². The van der Waals surface area contributed by atoms with Crippen molar-refractivity contribution in [2.24, 2.45) is 5.41 Å². The van der Waals surface area contributed by atoms with Crippen molar-refractivity contribution in [1.82, 2.24) is 9.88 Å². The fourth-order valence-corrected chi connectivity index (χ4v) is 4.58. The Labute approximate surface area is 149 Å². The fraction of sp³-hybridized carbons (Fsp3) is 0.571. The van der Waals surface area contributed by atoms with Gasteiger partial charge in [0, 0.05) is 36.1 Å². The smallest absolute Gasteiger partial charge is 0.0705 e. The molecule has 4 nitrogen and oxygen atoms in total. The molecular formula is C21H28N2O2. The molecule has 0 radical (unpaired) electrons. The molecule has 1 spiro atoms. The first-order valence-electron chi connectivity index (χ1n) is 9.49. The zero-order chi connectivity index (χ0) is 17.4. The van der Waals surface area contributed by atoms with E-state index in [9.17, 15) is 5.11 Å². The summed E-state index contributed by atoms with van der Waals surface area (Å²) in [6.45, 7) is 7.85. The summed E-state index contributed by atoms with van der Waals surface area (Å²) < 4.78 is 5.87. The second-order valence-electron chi connectivity index (χ2n) is 7.68. The van der Waals surface area contributed by atoms with Gasteiger partial charge in [0.1, 0.15) is 0 Å². The predicted octanol–water partition coefficient (Wildman–Crippen LogP) is 3.30. The van der Waals surface area contributed by atoms with Crippen molar-refractivity contribution in [2.75, 3.05) is 19.7 Å². The van der Waals surface area contributed by atoms with Crippen LogP contribution >= 0.6 is 0 Å². The minimum Gasteiger partial charge on any atom is -0.392 e. The molecule has 25 heavy (non-hydrogen) atoms. The Morgan fingerprint density at radius 3 is 2.76 bits per heavy atom. The SMILES string of the molecule is CCO[C@H]1C[C@H](O)C12CCN(Cc1ccc3nc(C)ccc3c1)CC2. The summed E-state index contributed by atoms with van der Waals surface area (Å²) in [5.74, 6) is 0. The summed E-state index contributed by atoms with van der Waals surface area (Å²) in [6.07, 6.45) is 2.96. The van der Waals surface area contributed by atoms with Crippen molar-refractivity contribution < 1.29 is 9.84 Å². The number of piperidine rings is 1. The molecule has 0 unspecified atom stereocenters. The third-order valence-corrected chi connectivity index (χ3v) is 6.20. The number of aliphatic hydroxyl groups excluding tert-OH is 1. The van der Waals surface area contributed by atoms with E-state index in [0.717, 1.165) is 56.7 Å². The summed E-state index contributed by atoms with van der Waals surface area (Å²) in [5.41, 5.74) is 3.48. The van der Waals surface area contributed by atoms with E-state index in [4.69, 9.17) is 4.74 Å². The minimum atomic E-state index is -0.179. The topological polar surface area (TPSA) is 45.6 Å². The van der Waals surface area contributed by atoms with Gasteiger partial charge < -0.3 is 9.84 Å². The molecule has 1 aliphatic heterocycles. The molecule has 0 bridgehead atoms. The quantitative estimate of drug-likeness (QED) is 0.928. The number of pyridine rings is 1. The van der Waals surface area contributed by atoms with Gasteiger partial charge in [-0.1, -0.05) is 12.1 Å². The standard InChI is InChI=1S/C21H28N2O2/c1-3-25-20-13-19(24)21(20)8-10-23(11-9-21)14-16-5-7-18-17(12-16)6-4-15(2)22-18/h4-7,12,19-20,24H,3,8-11,13-14H2,1-2H3/t19-,20-/m0/s1. The summed E-state index contributed by atoms with van der Waals surface area (Å²) >= 11 is 0. The van der Waals surface area contributed by atoms with Gasteiger partial charge in [-0.05, 0) is 63.5 Å². The minimum absolute atomic E-state index is 0.0113. The lowest BCUT2D eigenvalue weighted by Gasteiger charge is -2.56. The molecule has 1 aromatic carbocycles. The number of hydrogen-bond acceptors (Lipinski definition) is 4. The summed E-state index contributed by atoms with van der Waals surface area (Å²) in [4.78, 5) is 7.08. The summed E-state index contributed by atoms with van der Waals surface area (Å²) in [5, 5.41) is 11.5. The Morgan fingerprint density at radius 2 is 2.04 bits per heavy atom. The van der Waals surface area contributed by atoms with Crippen molar-refractivity contribution in [3.63, 3.8) is 0 Å². The molecule has 4 heteroatoms. The number of fused-ring (bicyclic) bond motifs is 1. The molecule has 134 valence electrons. The Kier molecular flexibility index (Phi) is 4.52. The lowest BCUT2D eigenvalue weighted by atomic mass is 9.58. The molecule has 1 aliphatic carbocycles. The van der Waals surface area contributed by atoms with Crippen molar-refractivity contribution in [3.8, 4) is 0 Å². The maximum Gasteiger partial charge on any atom is 0.0705 e. The maximum absolute atomic E-state index is 10.3. The van der Waals surface area contributed by atoms with Crippen LogP contribution < -0.4 is 0 Å². The third-order valence-electron chi connectivity index (χ3n) is 6.20. The van der Waals surface area contributed by atoms with Crippen LogP contribution in [0.5, 0.6) is 0 Å². The van der Waals surface area contributed by atoms with Gasteiger partial charge in [-0.3, -0.25) is 9.88 Å². The molecule has 1 aromatic heterocycles. The Balaban J connectivity index is 1.41. The zero-order valence-electron chi connectivity index (χ0n) is 15.2. The first-order chi connectivity index (χ1) is 12.1. The number of benzene rings is 1. The number of nitrogens with zero attached hydrogens (tertiary/aromatic N) is 2. The average molecular weight is 340 g/mol. The van der Waals surface area contributed by atoms with E-state index in [0.29, 0.717) is 0 Å². The number of hydrogen-bond donors (Lipinski definition) is 1. The number of ether oxygens (including phenoxy) is 1. The van der Waals surface area contributed by atoms with E-state index < -0.39 is 0 Å². The van der Waals surface area contributed by atoms with Crippen LogP contribution in [0.3, 0.4) is 0 Å². The largest absolute Gasteiger partial charge is 0.392 e. The van der Waals surface area contributed by atoms with Crippen molar-refractivity contribution in [1.29, 1.82) is 0 Å². The van der Waals surface area contributed by atoms with Gasteiger partial charge in [0.25, 0.3) is 0 Å². The molecule has 2 aliphatic rings. The highest BCUT2D eigenvalue weighted by Crippen LogP contribution is 2.51. The summed E-state index contributed by atoms with van der Waals surface area (Å²) in [7, 11) is 0. The second-order valence-corrected chi connectivity index (χ2v) is 7.68. The first-order valence-corrected chi connectivity index (χ1v) is 9.49. The van der Waals surface area contributed by atoms with Crippen molar-refractivity contribution >= 4 is 10.9 Å². The van der Waals surface area contributed by atoms with Crippen LogP contribution in [0.4, 0.5) is 0 Å². The van der Waals surface area contributed by atoms with E-state index in [1.165, 1.54) is 10.9 Å². The van der Waals surface area contributed by atoms with Crippen LogP contribution in [-0.2, 0) is 11.3 Å². The van der Waals surface area contributed by atoms with Crippen molar-refractivity contribution in [2.45, 2.75) is 51.9 Å². The van der Waals surface area contributed by atoms with Gasteiger partial charge in [0.15, 0.2) is 0 Å². The van der Waals surface area contributed by atoms with Crippen LogP contribution in [0.15, 0.2) is 30.3 Å².